The largest absolute Gasteiger partial charge is 0.367 e. The first-order valence-electron chi connectivity index (χ1n) is 11.1. The molecular weight excluding hydrogens is 324 g/mol. The standard InChI is InChI=1S/C22H40N2O2/c1-22(2,3)21(25)26-24-12-9-16(10-13-24)19-14-17-6-4-5-7-20(17)18(15-19)8-11-23/h16-20H,4-15,23H2,1-3H3. The number of carbonyl (C=O) groups excluding carboxylic acids is 1. The summed E-state index contributed by atoms with van der Waals surface area (Å²) in [4.78, 5) is 17.7. The quantitative estimate of drug-likeness (QED) is 0.804. The average molecular weight is 365 g/mol. The lowest BCUT2D eigenvalue weighted by atomic mass is 9.59. The van der Waals surface area contributed by atoms with Crippen LogP contribution in [0, 0.1) is 35.0 Å². The van der Waals surface area contributed by atoms with E-state index in [0.717, 1.165) is 49.2 Å². The van der Waals surface area contributed by atoms with Crippen molar-refractivity contribution in [2.45, 2.75) is 78.6 Å². The van der Waals surface area contributed by atoms with Gasteiger partial charge in [-0.2, -0.15) is 0 Å². The molecule has 1 saturated heterocycles. The molecule has 0 aromatic carbocycles. The highest BCUT2D eigenvalue weighted by Crippen LogP contribution is 2.50. The van der Waals surface area contributed by atoms with Crippen molar-refractivity contribution in [2.75, 3.05) is 19.6 Å². The second-order valence-electron chi connectivity index (χ2n) is 10.2. The number of nitrogens with two attached hydrogens (primary N) is 1. The van der Waals surface area contributed by atoms with Gasteiger partial charge in [0, 0.05) is 13.1 Å². The molecule has 0 spiro atoms. The molecule has 3 rings (SSSR count). The Bertz CT molecular complexity index is 465. The molecule has 0 amide bonds. The van der Waals surface area contributed by atoms with Gasteiger partial charge in [-0.15, -0.1) is 5.06 Å². The Morgan fingerprint density at radius 1 is 1.00 bits per heavy atom. The van der Waals surface area contributed by atoms with Crippen molar-refractivity contribution in [1.29, 1.82) is 0 Å². The summed E-state index contributed by atoms with van der Waals surface area (Å²) in [5.74, 6) is 4.34. The second kappa shape index (κ2) is 8.60. The number of fused-ring (bicyclic) bond motifs is 1. The molecule has 1 aliphatic heterocycles. The number of carbonyl (C=O) groups is 1. The van der Waals surface area contributed by atoms with Gasteiger partial charge in [0.05, 0.1) is 5.41 Å². The summed E-state index contributed by atoms with van der Waals surface area (Å²) in [6.07, 6.45) is 12.2. The lowest BCUT2D eigenvalue weighted by molar-refractivity contribution is -0.207. The van der Waals surface area contributed by atoms with E-state index in [1.165, 1.54) is 57.8 Å². The molecule has 4 heteroatoms. The van der Waals surface area contributed by atoms with Gasteiger partial charge < -0.3 is 10.6 Å². The average Bonchev–Trinajstić information content (AvgIpc) is 2.61. The number of piperidine rings is 1. The molecule has 3 fully saturated rings. The molecule has 0 aromatic rings. The lowest BCUT2D eigenvalue weighted by Crippen LogP contribution is -2.43. The van der Waals surface area contributed by atoms with Crippen molar-refractivity contribution in [3.05, 3.63) is 0 Å². The Morgan fingerprint density at radius 3 is 2.35 bits per heavy atom. The number of hydroxylamine groups is 2. The molecular formula is C22H40N2O2. The van der Waals surface area contributed by atoms with Crippen LogP contribution in [0.2, 0.25) is 0 Å². The predicted molar refractivity (Wildman–Crippen MR) is 105 cm³/mol. The maximum absolute atomic E-state index is 12.1. The summed E-state index contributed by atoms with van der Waals surface area (Å²) in [5.41, 5.74) is 5.52. The molecule has 4 nitrogen and oxygen atoms in total. The zero-order valence-electron chi connectivity index (χ0n) is 17.2. The summed E-state index contributed by atoms with van der Waals surface area (Å²) in [6, 6.07) is 0. The van der Waals surface area contributed by atoms with Crippen LogP contribution in [0.1, 0.15) is 78.6 Å². The molecule has 1 heterocycles. The van der Waals surface area contributed by atoms with E-state index < -0.39 is 5.41 Å². The third kappa shape index (κ3) is 4.81. The summed E-state index contributed by atoms with van der Waals surface area (Å²) < 4.78 is 0. The summed E-state index contributed by atoms with van der Waals surface area (Å²) >= 11 is 0. The van der Waals surface area contributed by atoms with Crippen LogP contribution in [0.25, 0.3) is 0 Å². The zero-order chi connectivity index (χ0) is 18.7. The Kier molecular flexibility index (Phi) is 6.66. The van der Waals surface area contributed by atoms with Crippen molar-refractivity contribution in [2.24, 2.45) is 40.7 Å². The molecule has 3 aliphatic rings. The third-order valence-electron chi connectivity index (χ3n) is 7.31. The van der Waals surface area contributed by atoms with Gasteiger partial charge in [-0.3, -0.25) is 0 Å². The van der Waals surface area contributed by atoms with E-state index in [1.807, 2.05) is 25.8 Å². The summed E-state index contributed by atoms with van der Waals surface area (Å²) in [7, 11) is 0. The van der Waals surface area contributed by atoms with Crippen LogP contribution in [0.5, 0.6) is 0 Å². The van der Waals surface area contributed by atoms with Gasteiger partial charge in [-0.25, -0.2) is 4.79 Å². The first-order valence-corrected chi connectivity index (χ1v) is 11.1. The molecule has 0 radical (unpaired) electrons. The fourth-order valence-electron chi connectivity index (χ4n) is 5.82. The molecule has 26 heavy (non-hydrogen) atoms. The topological polar surface area (TPSA) is 55.6 Å². The van der Waals surface area contributed by atoms with E-state index in [1.54, 1.807) is 0 Å². The molecule has 150 valence electrons. The van der Waals surface area contributed by atoms with E-state index in [2.05, 4.69) is 0 Å². The highest BCUT2D eigenvalue weighted by atomic mass is 16.7. The van der Waals surface area contributed by atoms with Crippen LogP contribution in [0.3, 0.4) is 0 Å². The van der Waals surface area contributed by atoms with Crippen molar-refractivity contribution in [3.63, 3.8) is 0 Å². The number of nitrogens with zero attached hydrogens (tertiary/aromatic N) is 1. The van der Waals surface area contributed by atoms with Crippen molar-refractivity contribution >= 4 is 5.97 Å². The van der Waals surface area contributed by atoms with Crippen molar-refractivity contribution in [3.8, 4) is 0 Å². The Hall–Kier alpha value is -0.610. The monoisotopic (exact) mass is 364 g/mol. The Balaban J connectivity index is 1.53. The van der Waals surface area contributed by atoms with Gasteiger partial charge in [0.15, 0.2) is 0 Å². The fourth-order valence-corrected chi connectivity index (χ4v) is 5.82. The first-order chi connectivity index (χ1) is 12.4. The predicted octanol–water partition coefficient (Wildman–Crippen LogP) is 4.38. The summed E-state index contributed by atoms with van der Waals surface area (Å²) in [6.45, 7) is 8.41. The van der Waals surface area contributed by atoms with Crippen molar-refractivity contribution in [1.82, 2.24) is 5.06 Å². The molecule has 4 atom stereocenters. The molecule has 4 unspecified atom stereocenters. The maximum Gasteiger partial charge on any atom is 0.330 e. The van der Waals surface area contributed by atoms with E-state index in [0.29, 0.717) is 0 Å². The molecule has 2 saturated carbocycles. The van der Waals surface area contributed by atoms with Crippen LogP contribution in [0.15, 0.2) is 0 Å². The molecule has 2 N–H and O–H groups in total. The van der Waals surface area contributed by atoms with E-state index in [9.17, 15) is 4.79 Å². The minimum absolute atomic E-state index is 0.110. The van der Waals surface area contributed by atoms with Gasteiger partial charge in [0.2, 0.25) is 0 Å². The van der Waals surface area contributed by atoms with Crippen LogP contribution in [-0.4, -0.2) is 30.7 Å². The number of hydrogen-bond donors (Lipinski definition) is 1. The Morgan fingerprint density at radius 2 is 1.69 bits per heavy atom. The highest BCUT2D eigenvalue weighted by Gasteiger charge is 2.41. The van der Waals surface area contributed by atoms with Gasteiger partial charge in [0.25, 0.3) is 0 Å². The van der Waals surface area contributed by atoms with Gasteiger partial charge in [0.1, 0.15) is 0 Å². The lowest BCUT2D eigenvalue weighted by Gasteiger charge is -2.48. The fraction of sp³-hybridized carbons (Fsp3) is 0.955. The van der Waals surface area contributed by atoms with Crippen LogP contribution in [-0.2, 0) is 9.63 Å². The third-order valence-corrected chi connectivity index (χ3v) is 7.31. The number of rotatable bonds is 4. The Labute approximate surface area is 160 Å². The van der Waals surface area contributed by atoms with Crippen LogP contribution >= 0.6 is 0 Å². The van der Waals surface area contributed by atoms with Crippen LogP contribution in [0.4, 0.5) is 0 Å². The van der Waals surface area contributed by atoms with E-state index >= 15 is 0 Å². The number of hydrogen-bond acceptors (Lipinski definition) is 4. The smallest absolute Gasteiger partial charge is 0.330 e. The second-order valence-corrected chi connectivity index (χ2v) is 10.2. The molecule has 0 bridgehead atoms. The van der Waals surface area contributed by atoms with Crippen molar-refractivity contribution < 1.29 is 9.63 Å². The maximum atomic E-state index is 12.1. The minimum Gasteiger partial charge on any atom is -0.367 e. The SMILES string of the molecule is CC(C)(C)C(=O)ON1CCC(C2CC(CCN)C3CCCCC3C2)CC1. The normalized spacial score (nSPS) is 34.3. The molecule has 2 aliphatic carbocycles. The van der Waals surface area contributed by atoms with E-state index in [4.69, 9.17) is 10.6 Å². The highest BCUT2D eigenvalue weighted by molar-refractivity contribution is 5.75. The minimum atomic E-state index is -0.425. The molecule has 0 aromatic heterocycles. The van der Waals surface area contributed by atoms with Gasteiger partial charge >= 0.3 is 5.97 Å². The van der Waals surface area contributed by atoms with Gasteiger partial charge in [-0.1, -0.05) is 19.3 Å². The first kappa shape index (κ1) is 20.1. The van der Waals surface area contributed by atoms with E-state index in [-0.39, 0.29) is 5.97 Å². The van der Waals surface area contributed by atoms with Gasteiger partial charge in [-0.05, 0) is 95.4 Å². The van der Waals surface area contributed by atoms with Crippen LogP contribution < -0.4 is 5.73 Å². The zero-order valence-corrected chi connectivity index (χ0v) is 17.2. The summed E-state index contributed by atoms with van der Waals surface area (Å²) in [5, 5.41) is 1.91.